The number of carbonyl (C=O) groups excluding carboxylic acids is 2. The summed E-state index contributed by atoms with van der Waals surface area (Å²) in [6, 6.07) is 7.09. The molecule has 0 radical (unpaired) electrons. The van der Waals surface area contributed by atoms with Crippen LogP contribution in [-0.4, -0.2) is 22.6 Å². The van der Waals surface area contributed by atoms with Gasteiger partial charge in [-0.2, -0.15) is 0 Å². The zero-order chi connectivity index (χ0) is 18.7. The Balaban J connectivity index is 1.76. The molecule has 3 rings (SSSR count). The van der Waals surface area contributed by atoms with Crippen molar-refractivity contribution in [2.45, 2.75) is 52.1 Å². The van der Waals surface area contributed by atoms with Gasteiger partial charge in [0.15, 0.2) is 0 Å². The largest absolute Gasteiger partial charge is 0.444 e. The predicted molar refractivity (Wildman–Crippen MR) is 99.2 cm³/mol. The average Bonchev–Trinajstić information content (AvgIpc) is 3.07. The number of rotatable bonds is 3. The van der Waals surface area contributed by atoms with E-state index in [0.717, 1.165) is 36.5 Å². The molecular weight excluding hydrogens is 332 g/mol. The first-order chi connectivity index (χ1) is 12.3. The second-order valence-corrected chi connectivity index (χ2v) is 7.57. The molecule has 0 unspecified atom stereocenters. The van der Waals surface area contributed by atoms with Crippen molar-refractivity contribution >= 4 is 28.7 Å². The molecule has 0 aliphatic heterocycles. The van der Waals surface area contributed by atoms with Crippen LogP contribution in [0.4, 0.5) is 10.6 Å². The number of hydrogen-bond donors (Lipinski definition) is 1. The van der Waals surface area contributed by atoms with Crippen LogP contribution in [0.3, 0.4) is 0 Å². The molecule has 1 aromatic carbocycles. The van der Waals surface area contributed by atoms with E-state index in [2.05, 4.69) is 10.3 Å². The summed E-state index contributed by atoms with van der Waals surface area (Å²) in [5.41, 5.74) is -0.587. The van der Waals surface area contributed by atoms with Gasteiger partial charge in [0.25, 0.3) is 0 Å². The topological polar surface area (TPSA) is 77.5 Å². The highest BCUT2D eigenvalue weighted by Gasteiger charge is 2.24. The van der Waals surface area contributed by atoms with Gasteiger partial charge in [0, 0.05) is 11.6 Å². The van der Waals surface area contributed by atoms with E-state index in [1.54, 1.807) is 45.2 Å². The fraction of sp³-hybridized carbons (Fsp3) is 0.450. The lowest BCUT2D eigenvalue weighted by Crippen LogP contribution is -2.27. The van der Waals surface area contributed by atoms with Crippen LogP contribution in [0.25, 0.3) is 10.8 Å². The van der Waals surface area contributed by atoms with Crippen molar-refractivity contribution in [3.05, 3.63) is 30.5 Å². The van der Waals surface area contributed by atoms with Gasteiger partial charge in [-0.3, -0.25) is 10.1 Å². The first-order valence-corrected chi connectivity index (χ1v) is 8.92. The van der Waals surface area contributed by atoms with Crippen molar-refractivity contribution in [2.75, 3.05) is 5.32 Å². The van der Waals surface area contributed by atoms with Crippen molar-refractivity contribution in [3.8, 4) is 5.75 Å². The van der Waals surface area contributed by atoms with Gasteiger partial charge in [0.1, 0.15) is 17.2 Å². The number of hydrogen-bond acceptors (Lipinski definition) is 5. The third-order valence-electron chi connectivity index (χ3n) is 4.26. The molecule has 1 amide bonds. The van der Waals surface area contributed by atoms with E-state index in [1.165, 1.54) is 0 Å². The summed E-state index contributed by atoms with van der Waals surface area (Å²) in [6.07, 6.45) is 5.01. The van der Waals surface area contributed by atoms with E-state index >= 15 is 0 Å². The molecule has 1 N–H and O–H groups in total. The highest BCUT2D eigenvalue weighted by Crippen LogP contribution is 2.29. The molecule has 138 valence electrons. The van der Waals surface area contributed by atoms with Gasteiger partial charge in [-0.05, 0) is 63.3 Å². The maximum Gasteiger partial charge on any atom is 0.413 e. The standard InChI is InChI=1S/C20H24N2O4/c1-20(2,3)26-19(24)22-17-16-9-8-15(12-14(16)10-11-21-17)25-18(23)13-6-4-5-7-13/h8-13H,4-7H2,1-3H3,(H,21,22,24). The number of benzene rings is 1. The lowest BCUT2D eigenvalue weighted by molar-refractivity contribution is -0.138. The smallest absolute Gasteiger partial charge is 0.413 e. The number of ether oxygens (including phenoxy) is 2. The number of esters is 1. The van der Waals surface area contributed by atoms with E-state index in [1.807, 2.05) is 6.07 Å². The van der Waals surface area contributed by atoms with Gasteiger partial charge in [-0.15, -0.1) is 0 Å². The molecule has 1 aromatic heterocycles. The molecule has 0 saturated heterocycles. The van der Waals surface area contributed by atoms with Gasteiger partial charge in [0.2, 0.25) is 0 Å². The zero-order valence-corrected chi connectivity index (χ0v) is 15.4. The number of pyridine rings is 1. The number of fused-ring (bicyclic) bond motifs is 1. The molecule has 2 aromatic rings. The Labute approximate surface area is 152 Å². The average molecular weight is 356 g/mol. The van der Waals surface area contributed by atoms with Crippen LogP contribution in [0.2, 0.25) is 0 Å². The minimum absolute atomic E-state index is 0.00697. The van der Waals surface area contributed by atoms with Crippen LogP contribution in [0.15, 0.2) is 30.5 Å². The predicted octanol–water partition coefficient (Wildman–Crippen LogP) is 4.68. The fourth-order valence-corrected chi connectivity index (χ4v) is 3.08. The quantitative estimate of drug-likeness (QED) is 0.638. The highest BCUT2D eigenvalue weighted by atomic mass is 16.6. The SMILES string of the molecule is CC(C)(C)OC(=O)Nc1nccc2cc(OC(=O)C3CCCC3)ccc12. The Morgan fingerprint density at radius 1 is 1.15 bits per heavy atom. The summed E-state index contributed by atoms with van der Waals surface area (Å²) in [4.78, 5) is 28.4. The molecular formula is C20H24N2O4. The molecule has 1 heterocycles. The van der Waals surface area contributed by atoms with Gasteiger partial charge in [0.05, 0.1) is 5.92 Å². The molecule has 1 saturated carbocycles. The van der Waals surface area contributed by atoms with Crippen molar-refractivity contribution < 1.29 is 19.1 Å². The highest BCUT2D eigenvalue weighted by molar-refractivity contribution is 5.98. The van der Waals surface area contributed by atoms with Crippen LogP contribution >= 0.6 is 0 Å². The Hall–Kier alpha value is -2.63. The van der Waals surface area contributed by atoms with Gasteiger partial charge in [-0.25, -0.2) is 9.78 Å². The molecule has 1 aliphatic carbocycles. The zero-order valence-electron chi connectivity index (χ0n) is 15.4. The first kappa shape index (κ1) is 18.2. The molecule has 0 spiro atoms. The van der Waals surface area contributed by atoms with Crippen molar-refractivity contribution in [2.24, 2.45) is 5.92 Å². The Kier molecular flexibility index (Phi) is 5.11. The summed E-state index contributed by atoms with van der Waals surface area (Å²) in [5.74, 6) is 0.754. The van der Waals surface area contributed by atoms with E-state index in [9.17, 15) is 9.59 Å². The monoisotopic (exact) mass is 356 g/mol. The molecule has 0 bridgehead atoms. The number of anilines is 1. The number of aromatic nitrogens is 1. The summed E-state index contributed by atoms with van der Waals surface area (Å²) in [7, 11) is 0. The van der Waals surface area contributed by atoms with E-state index < -0.39 is 11.7 Å². The maximum atomic E-state index is 12.2. The summed E-state index contributed by atoms with van der Waals surface area (Å²) >= 11 is 0. The molecule has 26 heavy (non-hydrogen) atoms. The summed E-state index contributed by atoms with van der Waals surface area (Å²) in [5, 5.41) is 4.24. The Bertz CT molecular complexity index is 820. The van der Waals surface area contributed by atoms with Crippen molar-refractivity contribution in [1.82, 2.24) is 4.98 Å². The summed E-state index contributed by atoms with van der Waals surface area (Å²) in [6.45, 7) is 5.40. The lowest BCUT2D eigenvalue weighted by atomic mass is 10.1. The van der Waals surface area contributed by atoms with Crippen LogP contribution in [0, 0.1) is 5.92 Å². The molecule has 6 heteroatoms. The number of nitrogens with zero attached hydrogens (tertiary/aromatic N) is 1. The third kappa shape index (κ3) is 4.50. The molecule has 1 fully saturated rings. The molecule has 0 atom stereocenters. The number of carbonyl (C=O) groups is 2. The van der Waals surface area contributed by atoms with Gasteiger partial charge < -0.3 is 9.47 Å². The Morgan fingerprint density at radius 3 is 2.58 bits per heavy atom. The van der Waals surface area contributed by atoms with Gasteiger partial charge in [-0.1, -0.05) is 12.8 Å². The van der Waals surface area contributed by atoms with Crippen LogP contribution in [0.1, 0.15) is 46.5 Å². The fourth-order valence-electron chi connectivity index (χ4n) is 3.08. The molecule has 6 nitrogen and oxygen atoms in total. The Morgan fingerprint density at radius 2 is 1.88 bits per heavy atom. The minimum Gasteiger partial charge on any atom is -0.444 e. The van der Waals surface area contributed by atoms with Gasteiger partial charge >= 0.3 is 12.1 Å². The minimum atomic E-state index is -0.587. The van der Waals surface area contributed by atoms with Crippen molar-refractivity contribution in [3.63, 3.8) is 0 Å². The van der Waals surface area contributed by atoms with Crippen LogP contribution < -0.4 is 10.1 Å². The second kappa shape index (κ2) is 7.32. The normalized spacial score (nSPS) is 15.0. The third-order valence-corrected chi connectivity index (χ3v) is 4.26. The number of amides is 1. The second-order valence-electron chi connectivity index (χ2n) is 7.57. The van der Waals surface area contributed by atoms with Crippen molar-refractivity contribution in [1.29, 1.82) is 0 Å². The maximum absolute atomic E-state index is 12.2. The molecule has 1 aliphatic rings. The van der Waals surface area contributed by atoms with Crippen LogP contribution in [0.5, 0.6) is 5.75 Å². The first-order valence-electron chi connectivity index (χ1n) is 8.92. The van der Waals surface area contributed by atoms with E-state index in [-0.39, 0.29) is 11.9 Å². The van der Waals surface area contributed by atoms with Crippen LogP contribution in [-0.2, 0) is 9.53 Å². The van der Waals surface area contributed by atoms with E-state index in [4.69, 9.17) is 9.47 Å². The lowest BCUT2D eigenvalue weighted by Gasteiger charge is -2.19. The summed E-state index contributed by atoms with van der Waals surface area (Å²) < 4.78 is 10.8. The number of nitrogens with one attached hydrogen (secondary N) is 1. The van der Waals surface area contributed by atoms with E-state index in [0.29, 0.717) is 11.6 Å².